The van der Waals surface area contributed by atoms with Crippen molar-refractivity contribution >= 4 is 29.3 Å². The largest absolute Gasteiger partial charge is 0.458 e. The van der Waals surface area contributed by atoms with Gasteiger partial charge in [0.15, 0.2) is 18.0 Å². The van der Waals surface area contributed by atoms with Crippen molar-refractivity contribution in [1.29, 1.82) is 0 Å². The summed E-state index contributed by atoms with van der Waals surface area (Å²) in [5.41, 5.74) is -1.96. The van der Waals surface area contributed by atoms with Crippen LogP contribution in [0.2, 0.25) is 0 Å². The van der Waals surface area contributed by atoms with Gasteiger partial charge in [-0.15, -0.1) is 0 Å². The number of hydrogen-bond acceptors (Lipinski definition) is 7. The molecule has 1 unspecified atom stereocenters. The first-order chi connectivity index (χ1) is 15.4. The summed E-state index contributed by atoms with van der Waals surface area (Å²) in [7, 11) is 0. The van der Waals surface area contributed by atoms with Crippen LogP contribution >= 0.6 is 0 Å². The molecule has 7 heteroatoms. The first kappa shape index (κ1) is 23.6. The zero-order valence-electron chi connectivity index (χ0n) is 19.9. The van der Waals surface area contributed by atoms with Gasteiger partial charge in [0.2, 0.25) is 5.78 Å². The van der Waals surface area contributed by atoms with Crippen molar-refractivity contribution in [1.82, 2.24) is 0 Å². The summed E-state index contributed by atoms with van der Waals surface area (Å²) in [6.07, 6.45) is 7.26. The van der Waals surface area contributed by atoms with E-state index in [2.05, 4.69) is 0 Å². The van der Waals surface area contributed by atoms with Gasteiger partial charge < -0.3 is 9.47 Å². The van der Waals surface area contributed by atoms with Gasteiger partial charge in [0.05, 0.1) is 0 Å². The van der Waals surface area contributed by atoms with Gasteiger partial charge in [-0.05, 0) is 43.3 Å². The lowest BCUT2D eigenvalue weighted by molar-refractivity contribution is -0.196. The summed E-state index contributed by atoms with van der Waals surface area (Å²) in [6, 6.07) is 0. The molecule has 0 amide bonds. The molecule has 0 aromatic heterocycles. The zero-order valence-corrected chi connectivity index (χ0v) is 19.9. The molecule has 0 radical (unpaired) electrons. The number of Topliss-reactive ketones (excluding diaryl/α,β-unsaturated/α-hetero) is 2. The number of esters is 2. The number of ether oxygens (including phenoxy) is 2. The Morgan fingerprint density at radius 3 is 2.45 bits per heavy atom. The first-order valence-corrected chi connectivity index (χ1v) is 11.7. The Labute approximate surface area is 193 Å². The molecule has 4 aliphatic rings. The Morgan fingerprint density at radius 1 is 1.12 bits per heavy atom. The van der Waals surface area contributed by atoms with Crippen molar-refractivity contribution in [2.45, 2.75) is 65.9 Å². The topological polar surface area (TPSA) is 104 Å². The third kappa shape index (κ3) is 3.26. The van der Waals surface area contributed by atoms with E-state index in [1.807, 2.05) is 26.8 Å². The van der Waals surface area contributed by atoms with Crippen LogP contribution in [0.5, 0.6) is 0 Å². The Hall–Kier alpha value is -2.57. The molecule has 7 atom stereocenters. The van der Waals surface area contributed by atoms with Gasteiger partial charge in [0.25, 0.3) is 0 Å². The van der Waals surface area contributed by atoms with Gasteiger partial charge in [-0.1, -0.05) is 32.4 Å². The predicted octanol–water partition coefficient (Wildman–Crippen LogP) is 3.15. The molecule has 0 saturated heterocycles. The summed E-state index contributed by atoms with van der Waals surface area (Å²) < 4.78 is 10.9. The second-order valence-corrected chi connectivity index (χ2v) is 10.7. The number of carbonyl (C=O) groups is 5. The fourth-order valence-electron chi connectivity index (χ4n) is 7.72. The summed E-state index contributed by atoms with van der Waals surface area (Å²) in [5.74, 6) is -2.33. The van der Waals surface area contributed by atoms with Gasteiger partial charge in [-0.3, -0.25) is 24.0 Å². The fourth-order valence-corrected chi connectivity index (χ4v) is 7.72. The maximum Gasteiger partial charge on any atom is 0.303 e. The standard InChI is InChI=1S/C26H32O7/c1-14-10-20-19-7-6-17-11-18(29)8-9-24(17,4)23(19)21(30)12-25(20,5)26(14,33-16(3)28)22(31)13-32-15(2)27/h8-9,11,14,19-20,23H,6-7,10,12-13H2,1-5H3/t14-,19-,20-,23+,24-,25-,26?/m0/s1. The third-order valence-corrected chi connectivity index (χ3v) is 8.92. The van der Waals surface area contributed by atoms with E-state index >= 15 is 0 Å². The van der Waals surface area contributed by atoms with Crippen molar-refractivity contribution in [2.75, 3.05) is 6.61 Å². The molecule has 4 aliphatic carbocycles. The highest BCUT2D eigenvalue weighted by Crippen LogP contribution is 2.68. The smallest absolute Gasteiger partial charge is 0.303 e. The average molecular weight is 457 g/mol. The summed E-state index contributed by atoms with van der Waals surface area (Å²) in [4.78, 5) is 63.0. The summed E-state index contributed by atoms with van der Waals surface area (Å²) >= 11 is 0. The lowest BCUT2D eigenvalue weighted by atomic mass is 9.46. The molecule has 0 spiro atoms. The van der Waals surface area contributed by atoms with Crippen LogP contribution in [0.4, 0.5) is 0 Å². The molecule has 3 fully saturated rings. The van der Waals surface area contributed by atoms with E-state index in [1.165, 1.54) is 13.8 Å². The maximum atomic E-state index is 13.8. The third-order valence-electron chi connectivity index (χ3n) is 8.92. The van der Waals surface area contributed by atoms with E-state index < -0.39 is 40.8 Å². The lowest BCUT2D eigenvalue weighted by Gasteiger charge is -2.57. The predicted molar refractivity (Wildman–Crippen MR) is 118 cm³/mol. The minimum Gasteiger partial charge on any atom is -0.458 e. The second-order valence-electron chi connectivity index (χ2n) is 10.7. The Bertz CT molecular complexity index is 1010. The monoisotopic (exact) mass is 456 g/mol. The second kappa shape index (κ2) is 7.74. The van der Waals surface area contributed by atoms with Crippen LogP contribution in [-0.2, 0) is 33.4 Å². The van der Waals surface area contributed by atoms with Crippen LogP contribution in [0.25, 0.3) is 0 Å². The molecule has 3 saturated carbocycles. The van der Waals surface area contributed by atoms with Crippen molar-refractivity contribution in [3.63, 3.8) is 0 Å². The van der Waals surface area contributed by atoms with Gasteiger partial charge in [0.1, 0.15) is 5.78 Å². The van der Waals surface area contributed by atoms with Gasteiger partial charge in [-0.25, -0.2) is 0 Å². The first-order valence-electron chi connectivity index (χ1n) is 11.7. The Morgan fingerprint density at radius 2 is 1.82 bits per heavy atom. The van der Waals surface area contributed by atoms with Gasteiger partial charge in [-0.2, -0.15) is 0 Å². The average Bonchev–Trinajstić information content (AvgIpc) is 2.93. The summed E-state index contributed by atoms with van der Waals surface area (Å²) in [5, 5.41) is 0. The van der Waals surface area contributed by atoms with Crippen LogP contribution in [0.3, 0.4) is 0 Å². The highest BCUT2D eigenvalue weighted by Gasteiger charge is 2.73. The van der Waals surface area contributed by atoms with E-state index in [1.54, 1.807) is 12.2 Å². The molecule has 0 aromatic carbocycles. The van der Waals surface area contributed by atoms with E-state index in [0.29, 0.717) is 12.8 Å². The molecule has 0 aliphatic heterocycles. The number of rotatable bonds is 4. The van der Waals surface area contributed by atoms with Crippen LogP contribution in [-0.4, -0.2) is 41.5 Å². The minimum absolute atomic E-state index is 0.00217. The molecule has 0 N–H and O–H groups in total. The number of allylic oxidation sites excluding steroid dienone is 4. The number of carbonyl (C=O) groups excluding carboxylic acids is 5. The van der Waals surface area contributed by atoms with Crippen molar-refractivity contribution in [3.05, 3.63) is 23.8 Å². The number of hydrogen-bond donors (Lipinski definition) is 0. The van der Waals surface area contributed by atoms with Gasteiger partial charge >= 0.3 is 11.9 Å². The molecular formula is C26H32O7. The van der Waals surface area contributed by atoms with E-state index in [9.17, 15) is 24.0 Å². The Balaban J connectivity index is 1.78. The lowest BCUT2D eigenvalue weighted by Crippen LogP contribution is -2.63. The highest BCUT2D eigenvalue weighted by molar-refractivity contribution is 6.02. The van der Waals surface area contributed by atoms with E-state index in [-0.39, 0.29) is 41.7 Å². The normalized spacial score (nSPS) is 41.4. The highest BCUT2D eigenvalue weighted by atomic mass is 16.6. The SMILES string of the molecule is CC(=O)OCC(=O)C1(OC(C)=O)[C@@H](C)C[C@H]2[C@@H]3CCC4=CC(=O)C=C[C@]4(C)[C@H]3C(=O)C[C@@]21C. The van der Waals surface area contributed by atoms with Crippen molar-refractivity contribution < 1.29 is 33.4 Å². The van der Waals surface area contributed by atoms with Crippen LogP contribution in [0.1, 0.15) is 60.3 Å². The van der Waals surface area contributed by atoms with Gasteiger partial charge in [0, 0.05) is 42.9 Å². The maximum absolute atomic E-state index is 13.8. The van der Waals surface area contributed by atoms with Crippen LogP contribution in [0, 0.1) is 34.5 Å². The number of ketones is 3. The van der Waals surface area contributed by atoms with Crippen LogP contribution in [0.15, 0.2) is 23.8 Å². The minimum atomic E-state index is -1.53. The Kier molecular flexibility index (Phi) is 5.53. The van der Waals surface area contributed by atoms with E-state index in [4.69, 9.17) is 9.47 Å². The summed E-state index contributed by atoms with van der Waals surface area (Å²) in [6.45, 7) is 7.79. The molecule has 0 heterocycles. The molecule has 0 aromatic rings. The van der Waals surface area contributed by atoms with E-state index in [0.717, 1.165) is 12.0 Å². The molecule has 0 bridgehead atoms. The molecule has 178 valence electrons. The number of fused-ring (bicyclic) bond motifs is 5. The molecular weight excluding hydrogens is 424 g/mol. The van der Waals surface area contributed by atoms with Crippen molar-refractivity contribution in [2.24, 2.45) is 34.5 Å². The van der Waals surface area contributed by atoms with Crippen molar-refractivity contribution in [3.8, 4) is 0 Å². The zero-order chi connectivity index (χ0) is 24.3. The van der Waals surface area contributed by atoms with Crippen LogP contribution < -0.4 is 0 Å². The molecule has 4 rings (SSSR count). The quantitative estimate of drug-likeness (QED) is 0.599. The molecule has 33 heavy (non-hydrogen) atoms. The molecule has 7 nitrogen and oxygen atoms in total. The fraction of sp³-hybridized carbons (Fsp3) is 0.654.